The van der Waals surface area contributed by atoms with E-state index in [4.69, 9.17) is 14.7 Å². The summed E-state index contributed by atoms with van der Waals surface area (Å²) in [5.41, 5.74) is 4.97. The van der Waals surface area contributed by atoms with Crippen molar-refractivity contribution in [3.8, 4) is 0 Å². The van der Waals surface area contributed by atoms with E-state index in [1.54, 1.807) is 5.48 Å². The molecule has 0 aromatic heterocycles. The maximum absolute atomic E-state index is 13.7. The number of hydrogen-bond donors (Lipinski definition) is 5. The molecule has 3 fully saturated rings. The third-order valence-corrected chi connectivity index (χ3v) is 10.3. The standard InChI is InChI=1S/C39H56N4O7/c1-39(2,3)41-37(47)33-21-20-28-8-4-5-9-32(28)43(33)24-31-22-34(29-16-14-27(25-44)15-17-29)50-38(49-31)30-18-12-26(13-19-30)23-40-35(45)10-6-7-11-36(46)42-48/h12-19,28,31-34,38,44,48H,4-11,20-25H2,1-3H3,(H,40,45)(H,41,47)(H,42,46)/t28-,31-,32-,33-,34+,38+/m1/s1. The van der Waals surface area contributed by atoms with E-state index in [0.717, 1.165) is 41.5 Å². The van der Waals surface area contributed by atoms with E-state index in [0.29, 0.717) is 50.7 Å². The van der Waals surface area contributed by atoms with Gasteiger partial charge in [0.15, 0.2) is 6.29 Å². The second-order valence-corrected chi connectivity index (χ2v) is 15.3. The molecule has 11 nitrogen and oxygen atoms in total. The van der Waals surface area contributed by atoms with Gasteiger partial charge in [0.2, 0.25) is 17.7 Å². The number of ether oxygens (including phenoxy) is 2. The maximum Gasteiger partial charge on any atom is 0.243 e. The van der Waals surface area contributed by atoms with Crippen LogP contribution < -0.4 is 16.1 Å². The molecule has 3 aliphatic rings. The molecule has 2 aliphatic heterocycles. The summed E-state index contributed by atoms with van der Waals surface area (Å²) in [4.78, 5) is 39.7. The molecule has 50 heavy (non-hydrogen) atoms. The number of aliphatic hydroxyl groups is 1. The summed E-state index contributed by atoms with van der Waals surface area (Å²) in [6, 6.07) is 15.9. The molecule has 1 aliphatic carbocycles. The molecule has 1 saturated carbocycles. The number of amides is 3. The van der Waals surface area contributed by atoms with Crippen molar-refractivity contribution in [2.24, 2.45) is 5.92 Å². The molecule has 3 amide bonds. The van der Waals surface area contributed by atoms with Gasteiger partial charge in [-0.25, -0.2) is 5.48 Å². The molecule has 0 unspecified atom stereocenters. The Bertz CT molecular complexity index is 1410. The lowest BCUT2D eigenvalue weighted by Crippen LogP contribution is -2.61. The number of likely N-dealkylation sites (tertiary alicyclic amines) is 1. The number of rotatable bonds is 13. The Hall–Kier alpha value is -3.35. The number of nitrogens with zero attached hydrogens (tertiary/aromatic N) is 1. The molecule has 5 N–H and O–H groups in total. The van der Waals surface area contributed by atoms with Gasteiger partial charge >= 0.3 is 0 Å². The van der Waals surface area contributed by atoms with Crippen molar-refractivity contribution in [1.82, 2.24) is 21.0 Å². The maximum atomic E-state index is 13.7. The van der Waals surface area contributed by atoms with Gasteiger partial charge in [0.25, 0.3) is 0 Å². The normalized spacial score (nSPS) is 25.7. The van der Waals surface area contributed by atoms with E-state index >= 15 is 0 Å². The number of nitrogens with one attached hydrogen (secondary N) is 3. The summed E-state index contributed by atoms with van der Waals surface area (Å²) in [6.45, 7) is 7.09. The number of carbonyl (C=O) groups is 3. The highest BCUT2D eigenvalue weighted by molar-refractivity contribution is 5.82. The average Bonchev–Trinajstić information content (AvgIpc) is 3.12. The van der Waals surface area contributed by atoms with E-state index in [-0.39, 0.29) is 48.6 Å². The lowest BCUT2D eigenvalue weighted by molar-refractivity contribution is -0.255. The first-order valence-electron chi connectivity index (χ1n) is 18.4. The van der Waals surface area contributed by atoms with Crippen LogP contribution >= 0.6 is 0 Å². The highest BCUT2D eigenvalue weighted by atomic mass is 16.7. The molecule has 274 valence electrons. The molecular formula is C39H56N4O7. The Morgan fingerprint density at radius 3 is 2.18 bits per heavy atom. The zero-order valence-electron chi connectivity index (χ0n) is 29.9. The highest BCUT2D eigenvalue weighted by Crippen LogP contribution is 2.42. The molecule has 2 heterocycles. The summed E-state index contributed by atoms with van der Waals surface area (Å²) in [7, 11) is 0. The number of benzene rings is 2. The minimum Gasteiger partial charge on any atom is -0.392 e. The lowest BCUT2D eigenvalue weighted by atomic mass is 9.75. The van der Waals surface area contributed by atoms with Crippen molar-refractivity contribution in [2.75, 3.05) is 6.54 Å². The van der Waals surface area contributed by atoms with Gasteiger partial charge in [-0.1, -0.05) is 61.4 Å². The molecule has 2 aromatic carbocycles. The van der Waals surface area contributed by atoms with Gasteiger partial charge in [0.05, 0.1) is 24.9 Å². The predicted molar refractivity (Wildman–Crippen MR) is 188 cm³/mol. The smallest absolute Gasteiger partial charge is 0.243 e. The van der Waals surface area contributed by atoms with Gasteiger partial charge in [0.1, 0.15) is 0 Å². The molecule has 0 bridgehead atoms. The van der Waals surface area contributed by atoms with E-state index in [1.807, 2.05) is 69.3 Å². The molecule has 2 saturated heterocycles. The Labute approximate surface area is 296 Å². The summed E-state index contributed by atoms with van der Waals surface area (Å²) >= 11 is 0. The fraction of sp³-hybridized carbons (Fsp3) is 0.615. The van der Waals surface area contributed by atoms with Gasteiger partial charge < -0.3 is 25.2 Å². The monoisotopic (exact) mass is 692 g/mol. The minimum atomic E-state index is -0.621. The molecule has 0 radical (unpaired) electrons. The Kier molecular flexibility index (Phi) is 13.4. The highest BCUT2D eigenvalue weighted by Gasteiger charge is 2.44. The average molecular weight is 693 g/mol. The number of hydrogen-bond acceptors (Lipinski definition) is 8. The minimum absolute atomic E-state index is 0.0220. The van der Waals surface area contributed by atoms with Gasteiger partial charge in [-0.05, 0) is 81.9 Å². The molecular weight excluding hydrogens is 636 g/mol. The summed E-state index contributed by atoms with van der Waals surface area (Å²) < 4.78 is 13.4. The van der Waals surface area contributed by atoms with Crippen LogP contribution in [-0.4, -0.2) is 63.2 Å². The Morgan fingerprint density at radius 2 is 1.50 bits per heavy atom. The first kappa shape index (κ1) is 37.9. The molecule has 6 atom stereocenters. The van der Waals surface area contributed by atoms with Crippen LogP contribution in [-0.2, 0) is 37.0 Å². The van der Waals surface area contributed by atoms with Crippen LogP contribution in [0.3, 0.4) is 0 Å². The quantitative estimate of drug-likeness (QED) is 0.107. The van der Waals surface area contributed by atoms with Crippen molar-refractivity contribution in [3.05, 3.63) is 70.8 Å². The third kappa shape index (κ3) is 10.6. The Morgan fingerprint density at radius 1 is 0.840 bits per heavy atom. The predicted octanol–water partition coefficient (Wildman–Crippen LogP) is 5.34. The second kappa shape index (κ2) is 17.7. The van der Waals surface area contributed by atoms with Gasteiger partial charge in [0, 0.05) is 49.5 Å². The number of unbranched alkanes of at least 4 members (excludes halogenated alkanes) is 1. The summed E-state index contributed by atoms with van der Waals surface area (Å²) in [5.74, 6) is 0.146. The van der Waals surface area contributed by atoms with Gasteiger partial charge in [-0.15, -0.1) is 0 Å². The van der Waals surface area contributed by atoms with Crippen molar-refractivity contribution < 1.29 is 34.2 Å². The number of piperidine rings is 1. The van der Waals surface area contributed by atoms with Crippen LogP contribution in [0, 0.1) is 5.92 Å². The zero-order valence-corrected chi connectivity index (χ0v) is 29.9. The number of fused-ring (bicyclic) bond motifs is 1. The molecule has 11 heteroatoms. The van der Waals surface area contributed by atoms with Crippen LogP contribution in [0.2, 0.25) is 0 Å². The largest absolute Gasteiger partial charge is 0.392 e. The number of hydroxylamine groups is 1. The van der Waals surface area contributed by atoms with Crippen molar-refractivity contribution in [3.63, 3.8) is 0 Å². The first-order valence-corrected chi connectivity index (χ1v) is 18.4. The molecule has 2 aromatic rings. The summed E-state index contributed by atoms with van der Waals surface area (Å²) in [5, 5.41) is 24.4. The van der Waals surface area contributed by atoms with Crippen molar-refractivity contribution in [2.45, 2.75) is 141 Å². The number of carbonyl (C=O) groups excluding carboxylic acids is 3. The van der Waals surface area contributed by atoms with E-state index < -0.39 is 12.2 Å². The van der Waals surface area contributed by atoms with Crippen LogP contribution in [0.25, 0.3) is 0 Å². The lowest BCUT2D eigenvalue weighted by Gasteiger charge is -2.50. The van der Waals surface area contributed by atoms with E-state index in [1.165, 1.54) is 19.3 Å². The summed E-state index contributed by atoms with van der Waals surface area (Å²) in [6.07, 6.45) is 7.84. The van der Waals surface area contributed by atoms with Crippen LogP contribution in [0.5, 0.6) is 0 Å². The topological polar surface area (TPSA) is 149 Å². The third-order valence-electron chi connectivity index (χ3n) is 10.3. The Balaban J connectivity index is 1.29. The van der Waals surface area contributed by atoms with E-state index in [2.05, 4.69) is 15.5 Å². The SMILES string of the molecule is CC(C)(C)NC(=O)[C@H]1CC[C@H]2CCCC[C@H]2N1C[C@H]1C[C@@H](c2ccc(CO)cc2)O[C@@H](c2ccc(CNC(=O)CCCCC(=O)NO)cc2)O1. The van der Waals surface area contributed by atoms with Crippen molar-refractivity contribution in [1.29, 1.82) is 0 Å². The fourth-order valence-electron chi connectivity index (χ4n) is 7.70. The van der Waals surface area contributed by atoms with Crippen LogP contribution in [0.15, 0.2) is 48.5 Å². The van der Waals surface area contributed by atoms with Crippen LogP contribution in [0.4, 0.5) is 0 Å². The van der Waals surface area contributed by atoms with Gasteiger partial charge in [-0.3, -0.25) is 24.5 Å². The number of aliphatic hydroxyl groups excluding tert-OH is 1. The fourth-order valence-corrected chi connectivity index (χ4v) is 7.70. The van der Waals surface area contributed by atoms with Gasteiger partial charge in [-0.2, -0.15) is 0 Å². The second-order valence-electron chi connectivity index (χ2n) is 15.3. The van der Waals surface area contributed by atoms with Crippen molar-refractivity contribution >= 4 is 17.7 Å². The molecule has 5 rings (SSSR count). The zero-order chi connectivity index (χ0) is 35.7. The first-order chi connectivity index (χ1) is 24.0. The van der Waals surface area contributed by atoms with E-state index in [9.17, 15) is 19.5 Å². The van der Waals surface area contributed by atoms with Crippen LogP contribution in [0.1, 0.15) is 126 Å². The molecule has 0 spiro atoms.